The van der Waals surface area contributed by atoms with Gasteiger partial charge in [0.05, 0.1) is 13.7 Å². The van der Waals surface area contributed by atoms with Gasteiger partial charge in [-0.3, -0.25) is 0 Å². The third-order valence-corrected chi connectivity index (χ3v) is 4.01. The summed E-state index contributed by atoms with van der Waals surface area (Å²) < 4.78 is 24.8. The van der Waals surface area contributed by atoms with Gasteiger partial charge in [-0.15, -0.1) is 0 Å². The number of methoxy groups -OCH3 is 1. The van der Waals surface area contributed by atoms with Crippen LogP contribution < -0.4 is 4.74 Å². The van der Waals surface area contributed by atoms with Crippen LogP contribution in [0.5, 0.6) is 5.75 Å². The molecule has 0 aliphatic carbocycles. The minimum atomic E-state index is -0.392. The Morgan fingerprint density at radius 3 is 2.78 bits per heavy atom. The number of fused-ring (bicyclic) bond motifs is 1. The number of rotatable bonds is 3. The zero-order valence-corrected chi connectivity index (χ0v) is 12.7. The largest absolute Gasteiger partial charge is 0.497 e. The van der Waals surface area contributed by atoms with E-state index in [1.807, 2.05) is 48.7 Å². The number of aromatic nitrogens is 2. The van der Waals surface area contributed by atoms with Gasteiger partial charge in [-0.2, -0.15) is 5.10 Å². The molecule has 3 heterocycles. The molecule has 0 spiro atoms. The lowest BCUT2D eigenvalue weighted by molar-refractivity contribution is -0.268. The fourth-order valence-corrected chi connectivity index (χ4v) is 2.78. The summed E-state index contributed by atoms with van der Waals surface area (Å²) in [6.07, 6.45) is 6.74. The second-order valence-electron chi connectivity index (χ2n) is 5.48. The molecule has 1 saturated heterocycles. The molecule has 1 aromatic carbocycles. The first kappa shape index (κ1) is 14.4. The van der Waals surface area contributed by atoms with Crippen LogP contribution in [0.2, 0.25) is 0 Å². The van der Waals surface area contributed by atoms with E-state index in [4.69, 9.17) is 18.9 Å². The standard InChI is InChI=1S/C17H18N2O4/c1-20-13-5-3-12(4-6-13)17-21-11-15-14(23-17)7-8-16(22-15)19-10-2-9-18-19/h2-10,14-17H,11H2,1H3/t14-,15+,16+,17+/m0/s1. The van der Waals surface area contributed by atoms with Crippen molar-refractivity contribution >= 4 is 0 Å². The van der Waals surface area contributed by atoms with Gasteiger partial charge in [-0.25, -0.2) is 4.68 Å². The lowest BCUT2D eigenvalue weighted by Gasteiger charge is -2.39. The minimum absolute atomic E-state index is 0.123. The molecule has 0 amide bonds. The molecule has 23 heavy (non-hydrogen) atoms. The van der Waals surface area contributed by atoms with E-state index < -0.39 is 6.29 Å². The third kappa shape index (κ3) is 2.88. The van der Waals surface area contributed by atoms with Crippen molar-refractivity contribution in [3.05, 3.63) is 60.4 Å². The molecule has 0 saturated carbocycles. The normalized spacial score (nSPS) is 30.0. The van der Waals surface area contributed by atoms with Gasteiger partial charge in [-0.1, -0.05) is 18.2 Å². The van der Waals surface area contributed by atoms with Crippen molar-refractivity contribution in [2.24, 2.45) is 0 Å². The average Bonchev–Trinajstić information content (AvgIpc) is 3.15. The summed E-state index contributed by atoms with van der Waals surface area (Å²) in [6.45, 7) is 0.476. The van der Waals surface area contributed by atoms with E-state index in [2.05, 4.69) is 5.10 Å². The minimum Gasteiger partial charge on any atom is -0.497 e. The van der Waals surface area contributed by atoms with Gasteiger partial charge < -0.3 is 18.9 Å². The van der Waals surface area contributed by atoms with Crippen molar-refractivity contribution in [2.45, 2.75) is 24.7 Å². The van der Waals surface area contributed by atoms with Gasteiger partial charge in [0.1, 0.15) is 18.0 Å². The summed E-state index contributed by atoms with van der Waals surface area (Å²) in [5.74, 6) is 0.811. The quantitative estimate of drug-likeness (QED) is 0.815. The van der Waals surface area contributed by atoms with Crippen LogP contribution >= 0.6 is 0 Å². The molecule has 2 aliphatic rings. The van der Waals surface area contributed by atoms with Crippen LogP contribution in [-0.2, 0) is 14.2 Å². The molecule has 0 N–H and O–H groups in total. The Labute approximate surface area is 134 Å². The van der Waals surface area contributed by atoms with Crippen LogP contribution in [0.4, 0.5) is 0 Å². The topological polar surface area (TPSA) is 54.7 Å². The fraction of sp³-hybridized carbons (Fsp3) is 0.353. The second-order valence-corrected chi connectivity index (χ2v) is 5.48. The van der Waals surface area contributed by atoms with Crippen molar-refractivity contribution in [1.82, 2.24) is 9.78 Å². The summed E-state index contributed by atoms with van der Waals surface area (Å²) in [5.41, 5.74) is 0.965. The zero-order chi connectivity index (χ0) is 15.6. The van der Waals surface area contributed by atoms with Gasteiger partial charge in [0, 0.05) is 18.0 Å². The van der Waals surface area contributed by atoms with Crippen molar-refractivity contribution < 1.29 is 18.9 Å². The van der Waals surface area contributed by atoms with Crippen LogP contribution in [0.3, 0.4) is 0 Å². The lowest BCUT2D eigenvalue weighted by Crippen LogP contribution is -2.44. The summed E-state index contributed by atoms with van der Waals surface area (Å²) in [7, 11) is 1.65. The summed E-state index contributed by atoms with van der Waals surface area (Å²) in [4.78, 5) is 0. The Balaban J connectivity index is 1.46. The smallest absolute Gasteiger partial charge is 0.184 e. The Morgan fingerprint density at radius 1 is 1.17 bits per heavy atom. The second kappa shape index (κ2) is 6.16. The van der Waals surface area contributed by atoms with Gasteiger partial charge in [0.15, 0.2) is 12.5 Å². The SMILES string of the molecule is COc1ccc([C@@H]2OC[C@H]3O[C@@H](n4cccn4)C=C[C@@H]3O2)cc1. The van der Waals surface area contributed by atoms with Gasteiger partial charge >= 0.3 is 0 Å². The van der Waals surface area contributed by atoms with Crippen LogP contribution in [-0.4, -0.2) is 35.7 Å². The molecule has 120 valence electrons. The summed E-state index contributed by atoms with van der Waals surface area (Å²) in [6, 6.07) is 9.56. The molecule has 0 bridgehead atoms. The predicted octanol–water partition coefficient (Wildman–Crippen LogP) is 2.46. The molecule has 6 nitrogen and oxygen atoms in total. The van der Waals surface area contributed by atoms with E-state index in [-0.39, 0.29) is 18.4 Å². The third-order valence-electron chi connectivity index (χ3n) is 4.01. The number of benzene rings is 1. The lowest BCUT2D eigenvalue weighted by atomic mass is 10.1. The Morgan fingerprint density at radius 2 is 2.04 bits per heavy atom. The molecule has 2 aromatic rings. The highest BCUT2D eigenvalue weighted by atomic mass is 16.7. The van der Waals surface area contributed by atoms with Crippen molar-refractivity contribution in [1.29, 1.82) is 0 Å². The fourth-order valence-electron chi connectivity index (χ4n) is 2.78. The molecule has 6 heteroatoms. The Hall–Kier alpha value is -2.15. The maximum atomic E-state index is 6.01. The molecule has 4 rings (SSSR count). The number of nitrogens with zero attached hydrogens (tertiary/aromatic N) is 2. The monoisotopic (exact) mass is 314 g/mol. The highest BCUT2D eigenvalue weighted by Gasteiger charge is 2.36. The highest BCUT2D eigenvalue weighted by Crippen LogP contribution is 2.33. The van der Waals surface area contributed by atoms with Gasteiger partial charge in [0.2, 0.25) is 0 Å². The van der Waals surface area contributed by atoms with Gasteiger partial charge in [0.25, 0.3) is 0 Å². The zero-order valence-electron chi connectivity index (χ0n) is 12.7. The van der Waals surface area contributed by atoms with E-state index in [9.17, 15) is 0 Å². The van der Waals surface area contributed by atoms with E-state index in [0.717, 1.165) is 11.3 Å². The molecule has 0 radical (unpaired) electrons. The van der Waals surface area contributed by atoms with Crippen molar-refractivity contribution in [3.63, 3.8) is 0 Å². The number of hydrogen-bond donors (Lipinski definition) is 0. The summed E-state index contributed by atoms with van der Waals surface area (Å²) in [5, 5.41) is 4.20. The molecule has 1 fully saturated rings. The molecule has 4 atom stereocenters. The Kier molecular flexibility index (Phi) is 3.87. The predicted molar refractivity (Wildman–Crippen MR) is 81.8 cm³/mol. The van der Waals surface area contributed by atoms with E-state index in [0.29, 0.717) is 6.61 Å². The van der Waals surface area contributed by atoms with Crippen LogP contribution in [0.15, 0.2) is 54.9 Å². The number of hydrogen-bond acceptors (Lipinski definition) is 5. The maximum absolute atomic E-state index is 6.01. The van der Waals surface area contributed by atoms with Crippen LogP contribution in [0, 0.1) is 0 Å². The first-order valence-electron chi connectivity index (χ1n) is 7.57. The summed E-state index contributed by atoms with van der Waals surface area (Å²) >= 11 is 0. The van der Waals surface area contributed by atoms with E-state index in [1.54, 1.807) is 18.0 Å². The molecular weight excluding hydrogens is 296 g/mol. The van der Waals surface area contributed by atoms with Crippen molar-refractivity contribution in [3.8, 4) is 5.75 Å². The molecule has 0 unspecified atom stereocenters. The average molecular weight is 314 g/mol. The first-order chi connectivity index (χ1) is 11.3. The Bertz CT molecular complexity index is 668. The van der Waals surface area contributed by atoms with E-state index in [1.165, 1.54) is 0 Å². The van der Waals surface area contributed by atoms with Crippen molar-refractivity contribution in [2.75, 3.05) is 13.7 Å². The van der Waals surface area contributed by atoms with Crippen LogP contribution in [0.1, 0.15) is 18.1 Å². The first-order valence-corrected chi connectivity index (χ1v) is 7.57. The molecular formula is C17H18N2O4. The maximum Gasteiger partial charge on any atom is 0.184 e. The highest BCUT2D eigenvalue weighted by molar-refractivity contribution is 5.28. The van der Waals surface area contributed by atoms with Crippen LogP contribution in [0.25, 0.3) is 0 Å². The van der Waals surface area contributed by atoms with Gasteiger partial charge in [-0.05, 0) is 24.3 Å². The van der Waals surface area contributed by atoms with E-state index >= 15 is 0 Å². The molecule has 1 aromatic heterocycles. The number of ether oxygens (including phenoxy) is 4. The molecule has 2 aliphatic heterocycles.